The summed E-state index contributed by atoms with van der Waals surface area (Å²) in [5, 5.41) is 12.1. The SMILES string of the molecule is CC(C)(C)OC(=O)CC1COC/C(=C(\C#N)C(=O)NCC2CC2)C1. The lowest BCUT2D eigenvalue weighted by Gasteiger charge is -2.26. The molecule has 0 aromatic heterocycles. The second-order valence-corrected chi connectivity index (χ2v) is 7.62. The van der Waals surface area contributed by atoms with Gasteiger partial charge in [-0.25, -0.2) is 0 Å². The molecule has 2 rings (SSSR count). The maximum absolute atomic E-state index is 12.2. The highest BCUT2D eigenvalue weighted by atomic mass is 16.6. The highest BCUT2D eigenvalue weighted by molar-refractivity contribution is 5.98. The Kier molecular flexibility index (Phi) is 6.00. The van der Waals surface area contributed by atoms with E-state index >= 15 is 0 Å². The summed E-state index contributed by atoms with van der Waals surface area (Å²) in [6.07, 6.45) is 3.02. The van der Waals surface area contributed by atoms with Crippen LogP contribution in [0.1, 0.15) is 46.5 Å². The quantitative estimate of drug-likeness (QED) is 0.472. The van der Waals surface area contributed by atoms with Crippen LogP contribution in [0.4, 0.5) is 0 Å². The second-order valence-electron chi connectivity index (χ2n) is 7.62. The largest absolute Gasteiger partial charge is 0.460 e. The lowest BCUT2D eigenvalue weighted by atomic mass is 9.92. The molecule has 0 spiro atoms. The van der Waals surface area contributed by atoms with Crippen LogP contribution in [0.15, 0.2) is 11.1 Å². The zero-order chi connectivity index (χ0) is 17.7. The van der Waals surface area contributed by atoms with E-state index in [2.05, 4.69) is 5.32 Å². The maximum Gasteiger partial charge on any atom is 0.306 e. The zero-order valence-electron chi connectivity index (χ0n) is 14.7. The average molecular weight is 334 g/mol. The maximum atomic E-state index is 12.2. The van der Waals surface area contributed by atoms with Gasteiger partial charge in [0, 0.05) is 6.54 Å². The van der Waals surface area contributed by atoms with Crippen molar-refractivity contribution >= 4 is 11.9 Å². The molecule has 1 saturated carbocycles. The highest BCUT2D eigenvalue weighted by Crippen LogP contribution is 2.28. The topological polar surface area (TPSA) is 88.4 Å². The molecular weight excluding hydrogens is 308 g/mol. The van der Waals surface area contributed by atoms with Crippen molar-refractivity contribution in [3.05, 3.63) is 11.1 Å². The van der Waals surface area contributed by atoms with E-state index in [1.165, 1.54) is 0 Å². The van der Waals surface area contributed by atoms with Crippen LogP contribution in [0, 0.1) is 23.2 Å². The Bertz CT molecular complexity index is 565. The van der Waals surface area contributed by atoms with Crippen molar-refractivity contribution in [3.63, 3.8) is 0 Å². The number of carbonyl (C=O) groups is 2. The van der Waals surface area contributed by atoms with Gasteiger partial charge in [0.05, 0.1) is 19.6 Å². The van der Waals surface area contributed by atoms with Gasteiger partial charge >= 0.3 is 5.97 Å². The number of nitrogens with zero attached hydrogens (tertiary/aromatic N) is 1. The number of carbonyl (C=O) groups excluding carboxylic acids is 2. The molecule has 1 unspecified atom stereocenters. The van der Waals surface area contributed by atoms with Gasteiger partial charge in [-0.15, -0.1) is 0 Å². The van der Waals surface area contributed by atoms with Crippen LogP contribution in [-0.4, -0.2) is 37.2 Å². The summed E-state index contributed by atoms with van der Waals surface area (Å²) in [4.78, 5) is 24.1. The summed E-state index contributed by atoms with van der Waals surface area (Å²) < 4.78 is 10.8. The molecule has 0 aromatic carbocycles. The first-order valence-electron chi connectivity index (χ1n) is 8.48. The Balaban J connectivity index is 1.94. The Labute approximate surface area is 143 Å². The third-order valence-corrected chi connectivity index (χ3v) is 3.98. The summed E-state index contributed by atoms with van der Waals surface area (Å²) in [6.45, 7) is 6.80. The molecule has 1 atom stereocenters. The predicted octanol–water partition coefficient (Wildman–Crippen LogP) is 2.10. The van der Waals surface area contributed by atoms with Gasteiger partial charge in [-0.3, -0.25) is 9.59 Å². The van der Waals surface area contributed by atoms with Gasteiger partial charge in [-0.05, 0) is 57.4 Å². The molecule has 6 heteroatoms. The number of rotatable bonds is 5. The van der Waals surface area contributed by atoms with E-state index in [1.54, 1.807) is 0 Å². The van der Waals surface area contributed by atoms with E-state index in [0.29, 0.717) is 31.1 Å². The predicted molar refractivity (Wildman–Crippen MR) is 87.8 cm³/mol. The van der Waals surface area contributed by atoms with Gasteiger partial charge in [0.25, 0.3) is 5.91 Å². The van der Waals surface area contributed by atoms with Gasteiger partial charge < -0.3 is 14.8 Å². The standard InChI is InChI=1S/C18H26N2O4/c1-18(2,3)24-16(21)7-13-6-14(11-23-10-13)15(8-19)17(22)20-9-12-4-5-12/h12-13H,4-7,9-11H2,1-3H3,(H,20,22)/b15-14+. The van der Waals surface area contributed by atoms with E-state index in [-0.39, 0.29) is 36.4 Å². The second kappa shape index (κ2) is 7.80. The third kappa shape index (κ3) is 5.97. The minimum atomic E-state index is -0.522. The van der Waals surface area contributed by atoms with E-state index in [9.17, 15) is 14.9 Å². The number of nitriles is 1. The van der Waals surface area contributed by atoms with Crippen LogP contribution in [0.25, 0.3) is 0 Å². The van der Waals surface area contributed by atoms with Crippen LogP contribution in [0.5, 0.6) is 0 Å². The number of hydrogen-bond acceptors (Lipinski definition) is 5. The molecule has 24 heavy (non-hydrogen) atoms. The molecule has 132 valence electrons. The van der Waals surface area contributed by atoms with Gasteiger partial charge in [-0.2, -0.15) is 5.26 Å². The fourth-order valence-corrected chi connectivity index (χ4v) is 2.68. The van der Waals surface area contributed by atoms with Crippen LogP contribution < -0.4 is 5.32 Å². The van der Waals surface area contributed by atoms with Crippen molar-refractivity contribution in [2.45, 2.75) is 52.1 Å². The van der Waals surface area contributed by atoms with E-state index in [1.807, 2.05) is 26.8 Å². The summed E-state index contributed by atoms with van der Waals surface area (Å²) in [5.74, 6) is -0.125. The molecule has 1 aliphatic heterocycles. The van der Waals surface area contributed by atoms with Crippen molar-refractivity contribution in [3.8, 4) is 6.07 Å². The molecule has 1 amide bonds. The van der Waals surface area contributed by atoms with Gasteiger partial charge in [0.15, 0.2) is 0 Å². The minimum absolute atomic E-state index is 0.0665. The molecule has 0 aromatic rings. The number of ether oxygens (including phenoxy) is 2. The summed E-state index contributed by atoms with van der Waals surface area (Å²) in [6, 6.07) is 2.00. The normalized spacial score (nSPS) is 23.2. The van der Waals surface area contributed by atoms with E-state index in [4.69, 9.17) is 9.47 Å². The van der Waals surface area contributed by atoms with E-state index in [0.717, 1.165) is 12.8 Å². The molecule has 0 bridgehead atoms. The lowest BCUT2D eigenvalue weighted by Crippen LogP contribution is -2.31. The molecule has 2 fully saturated rings. The van der Waals surface area contributed by atoms with Crippen LogP contribution in [0.2, 0.25) is 0 Å². The zero-order valence-corrected chi connectivity index (χ0v) is 14.7. The molecular formula is C18H26N2O4. The number of esters is 1. The van der Waals surface area contributed by atoms with Crippen molar-refractivity contribution in [2.75, 3.05) is 19.8 Å². The lowest BCUT2D eigenvalue weighted by molar-refractivity contribution is -0.156. The Hall–Kier alpha value is -1.87. The van der Waals surface area contributed by atoms with Crippen molar-refractivity contribution in [1.29, 1.82) is 5.26 Å². The highest BCUT2D eigenvalue weighted by Gasteiger charge is 2.28. The molecule has 0 radical (unpaired) electrons. The molecule has 1 aliphatic carbocycles. The first-order chi connectivity index (χ1) is 11.3. The van der Waals surface area contributed by atoms with Gasteiger partial charge in [0.2, 0.25) is 0 Å². The molecule has 6 nitrogen and oxygen atoms in total. The average Bonchev–Trinajstić information content (AvgIpc) is 3.28. The smallest absolute Gasteiger partial charge is 0.306 e. The van der Waals surface area contributed by atoms with Gasteiger partial charge in [0.1, 0.15) is 17.2 Å². The summed E-state index contributed by atoms with van der Waals surface area (Å²) in [7, 11) is 0. The third-order valence-electron chi connectivity index (χ3n) is 3.98. The number of hydrogen-bond donors (Lipinski definition) is 1. The fraction of sp³-hybridized carbons (Fsp3) is 0.722. The van der Waals surface area contributed by atoms with Crippen molar-refractivity contribution < 1.29 is 19.1 Å². The molecule has 1 heterocycles. The van der Waals surface area contributed by atoms with Crippen LogP contribution in [0.3, 0.4) is 0 Å². The van der Waals surface area contributed by atoms with Gasteiger partial charge in [-0.1, -0.05) is 0 Å². The fourth-order valence-electron chi connectivity index (χ4n) is 2.68. The first-order valence-corrected chi connectivity index (χ1v) is 8.48. The van der Waals surface area contributed by atoms with E-state index < -0.39 is 5.60 Å². The Morgan fingerprint density at radius 2 is 2.04 bits per heavy atom. The molecule has 1 N–H and O–H groups in total. The van der Waals surface area contributed by atoms with Crippen molar-refractivity contribution in [2.24, 2.45) is 11.8 Å². The minimum Gasteiger partial charge on any atom is -0.460 e. The monoisotopic (exact) mass is 334 g/mol. The Morgan fingerprint density at radius 1 is 1.33 bits per heavy atom. The Morgan fingerprint density at radius 3 is 2.62 bits per heavy atom. The number of amides is 1. The molecule has 2 aliphatic rings. The van der Waals surface area contributed by atoms with Crippen molar-refractivity contribution in [1.82, 2.24) is 5.32 Å². The first kappa shape index (κ1) is 18.5. The van der Waals surface area contributed by atoms with Crippen LogP contribution >= 0.6 is 0 Å². The summed E-state index contributed by atoms with van der Waals surface area (Å²) >= 11 is 0. The van der Waals surface area contributed by atoms with Crippen LogP contribution in [-0.2, 0) is 19.1 Å². The number of nitrogens with one attached hydrogen (secondary N) is 1. The summed E-state index contributed by atoms with van der Waals surface area (Å²) in [5.41, 5.74) is 0.279. The molecule has 1 saturated heterocycles.